The minimum Gasteiger partial charge on any atom is -0.303 e. The van der Waals surface area contributed by atoms with Gasteiger partial charge in [-0.3, -0.25) is 0 Å². The molecule has 58 valence electrons. The summed E-state index contributed by atoms with van der Waals surface area (Å²) in [7, 11) is 0. The van der Waals surface area contributed by atoms with Crippen molar-refractivity contribution < 1.29 is 4.79 Å². The molecule has 0 aliphatic heterocycles. The van der Waals surface area contributed by atoms with Crippen molar-refractivity contribution in [1.82, 2.24) is 0 Å². The third-order valence-corrected chi connectivity index (χ3v) is 2.69. The second kappa shape index (κ2) is 3.75. The molecule has 1 heteroatoms. The highest BCUT2D eigenvalue weighted by Crippen LogP contribution is 2.33. The molecule has 0 aromatic heterocycles. The molecule has 1 aliphatic rings. The quantitative estimate of drug-likeness (QED) is 0.550. The Hall–Kier alpha value is -0.330. The van der Waals surface area contributed by atoms with E-state index in [0.29, 0.717) is 0 Å². The van der Waals surface area contributed by atoms with Gasteiger partial charge in [0.05, 0.1) is 0 Å². The molecule has 0 radical (unpaired) electrons. The highest BCUT2D eigenvalue weighted by molar-refractivity contribution is 5.49. The Balaban J connectivity index is 2.19. The topological polar surface area (TPSA) is 17.1 Å². The zero-order valence-electron chi connectivity index (χ0n) is 6.68. The summed E-state index contributed by atoms with van der Waals surface area (Å²) in [4.78, 5) is 10.1. The van der Waals surface area contributed by atoms with Crippen molar-refractivity contribution in [3.63, 3.8) is 0 Å². The van der Waals surface area contributed by atoms with Gasteiger partial charge in [0.25, 0.3) is 0 Å². The fourth-order valence-electron chi connectivity index (χ4n) is 1.93. The van der Waals surface area contributed by atoms with Crippen molar-refractivity contribution in [2.24, 2.45) is 11.8 Å². The van der Waals surface area contributed by atoms with Crippen LogP contribution < -0.4 is 0 Å². The number of aldehydes is 1. The van der Waals surface area contributed by atoms with Crippen molar-refractivity contribution in [2.75, 3.05) is 0 Å². The Bertz CT molecular complexity index is 109. The van der Waals surface area contributed by atoms with E-state index in [9.17, 15) is 4.79 Å². The summed E-state index contributed by atoms with van der Waals surface area (Å²) in [6.07, 6.45) is 7.06. The third-order valence-electron chi connectivity index (χ3n) is 2.69. The Labute approximate surface area is 62.8 Å². The second-order valence-corrected chi connectivity index (χ2v) is 3.41. The van der Waals surface area contributed by atoms with Gasteiger partial charge in [0.1, 0.15) is 6.29 Å². The number of carbonyl (C=O) groups excluding carboxylic acids is 1. The van der Waals surface area contributed by atoms with Gasteiger partial charge in [0.15, 0.2) is 0 Å². The van der Waals surface area contributed by atoms with Gasteiger partial charge in [-0.1, -0.05) is 26.2 Å². The van der Waals surface area contributed by atoms with Crippen LogP contribution in [0, 0.1) is 11.8 Å². The van der Waals surface area contributed by atoms with Crippen LogP contribution in [0.4, 0.5) is 0 Å². The first-order valence-corrected chi connectivity index (χ1v) is 4.28. The lowest BCUT2D eigenvalue weighted by Gasteiger charge is -2.12. The fourth-order valence-corrected chi connectivity index (χ4v) is 1.93. The maximum atomic E-state index is 10.1. The highest BCUT2D eigenvalue weighted by atomic mass is 16.1. The van der Waals surface area contributed by atoms with Gasteiger partial charge in [-0.05, 0) is 18.3 Å². The fraction of sp³-hybridized carbons (Fsp3) is 0.889. The molecule has 10 heavy (non-hydrogen) atoms. The lowest BCUT2D eigenvalue weighted by atomic mass is 9.94. The first-order valence-electron chi connectivity index (χ1n) is 4.28. The zero-order valence-corrected chi connectivity index (χ0v) is 6.68. The van der Waals surface area contributed by atoms with Crippen molar-refractivity contribution >= 4 is 6.29 Å². The summed E-state index contributed by atoms with van der Waals surface area (Å²) in [5, 5.41) is 0. The molecule has 0 bridgehead atoms. The number of rotatable bonds is 3. The summed E-state index contributed by atoms with van der Waals surface area (Å²) in [5.74, 6) is 1.73. The molecule has 0 unspecified atom stereocenters. The first-order chi connectivity index (χ1) is 4.84. The number of hydrogen-bond donors (Lipinski definition) is 0. The van der Waals surface area contributed by atoms with Crippen LogP contribution in [-0.2, 0) is 4.79 Å². The van der Waals surface area contributed by atoms with Gasteiger partial charge in [-0.2, -0.15) is 0 Å². The number of hydrogen-bond acceptors (Lipinski definition) is 1. The van der Waals surface area contributed by atoms with Crippen LogP contribution in [0.15, 0.2) is 0 Å². The zero-order chi connectivity index (χ0) is 7.40. The summed E-state index contributed by atoms with van der Waals surface area (Å²) >= 11 is 0. The second-order valence-electron chi connectivity index (χ2n) is 3.41. The summed E-state index contributed by atoms with van der Waals surface area (Å²) < 4.78 is 0. The van der Waals surface area contributed by atoms with Gasteiger partial charge < -0.3 is 4.79 Å². The predicted octanol–water partition coefficient (Wildman–Crippen LogP) is 2.40. The molecule has 1 fully saturated rings. The average molecular weight is 140 g/mol. The predicted molar refractivity (Wildman–Crippen MR) is 41.8 cm³/mol. The van der Waals surface area contributed by atoms with E-state index < -0.39 is 0 Å². The summed E-state index contributed by atoms with van der Waals surface area (Å²) in [6, 6.07) is 0. The van der Waals surface area contributed by atoms with E-state index in [-0.39, 0.29) is 0 Å². The monoisotopic (exact) mass is 140 g/mol. The van der Waals surface area contributed by atoms with E-state index in [1.165, 1.54) is 19.3 Å². The van der Waals surface area contributed by atoms with Crippen LogP contribution in [0.2, 0.25) is 0 Å². The van der Waals surface area contributed by atoms with Gasteiger partial charge in [-0.25, -0.2) is 0 Å². The van der Waals surface area contributed by atoms with Crippen molar-refractivity contribution in [2.45, 2.75) is 39.0 Å². The van der Waals surface area contributed by atoms with Crippen molar-refractivity contribution in [3.8, 4) is 0 Å². The van der Waals surface area contributed by atoms with Crippen LogP contribution in [0.25, 0.3) is 0 Å². The largest absolute Gasteiger partial charge is 0.303 e. The molecule has 0 aromatic rings. The van der Waals surface area contributed by atoms with Crippen LogP contribution in [0.5, 0.6) is 0 Å². The maximum absolute atomic E-state index is 10.1. The third kappa shape index (κ3) is 1.83. The number of carbonyl (C=O) groups is 1. The maximum Gasteiger partial charge on any atom is 0.120 e. The van der Waals surface area contributed by atoms with Gasteiger partial charge in [0.2, 0.25) is 0 Å². The molecule has 2 atom stereocenters. The molecule has 1 nitrogen and oxygen atoms in total. The summed E-state index contributed by atoms with van der Waals surface area (Å²) in [5.41, 5.74) is 0. The molecule has 1 rings (SSSR count). The van der Waals surface area contributed by atoms with E-state index in [1.807, 2.05) is 0 Å². The van der Waals surface area contributed by atoms with Crippen LogP contribution in [0.1, 0.15) is 39.0 Å². The van der Waals surface area contributed by atoms with Crippen LogP contribution >= 0.6 is 0 Å². The summed E-state index contributed by atoms with van der Waals surface area (Å²) in [6.45, 7) is 2.31. The lowest BCUT2D eigenvalue weighted by molar-refractivity contribution is -0.108. The molecule has 0 N–H and O–H groups in total. The molecular formula is C9H16O. The molecule has 1 aliphatic carbocycles. The normalized spacial score (nSPS) is 32.5. The standard InChI is InChI=1S/C9H16O/c1-8-4-2-5-9(8)6-3-7-10/h7-9H,2-6H2,1H3/t8-,9+/m1/s1. The minimum absolute atomic E-state index is 0.773. The molecular weight excluding hydrogens is 124 g/mol. The van der Waals surface area contributed by atoms with E-state index in [0.717, 1.165) is 31.0 Å². The van der Waals surface area contributed by atoms with Gasteiger partial charge in [-0.15, -0.1) is 0 Å². The molecule has 0 amide bonds. The van der Waals surface area contributed by atoms with Gasteiger partial charge >= 0.3 is 0 Å². The Morgan fingerprint density at radius 1 is 1.50 bits per heavy atom. The highest BCUT2D eigenvalue weighted by Gasteiger charge is 2.22. The average Bonchev–Trinajstić information content (AvgIpc) is 2.31. The van der Waals surface area contributed by atoms with Crippen LogP contribution in [0.3, 0.4) is 0 Å². The van der Waals surface area contributed by atoms with Crippen LogP contribution in [-0.4, -0.2) is 6.29 Å². The van der Waals surface area contributed by atoms with E-state index >= 15 is 0 Å². The molecule has 0 heterocycles. The van der Waals surface area contributed by atoms with Crippen molar-refractivity contribution in [3.05, 3.63) is 0 Å². The smallest absolute Gasteiger partial charge is 0.120 e. The SMILES string of the molecule is C[C@@H]1CCC[C@H]1CCC=O. The molecule has 0 aromatic carbocycles. The first kappa shape index (κ1) is 7.77. The van der Waals surface area contributed by atoms with E-state index in [1.54, 1.807) is 0 Å². The van der Waals surface area contributed by atoms with Gasteiger partial charge in [0, 0.05) is 6.42 Å². The molecule has 0 spiro atoms. The Morgan fingerprint density at radius 2 is 2.30 bits per heavy atom. The molecule has 1 saturated carbocycles. The van der Waals surface area contributed by atoms with E-state index in [2.05, 4.69) is 6.92 Å². The Kier molecular flexibility index (Phi) is 2.91. The van der Waals surface area contributed by atoms with Crippen molar-refractivity contribution in [1.29, 1.82) is 0 Å². The lowest BCUT2D eigenvalue weighted by Crippen LogP contribution is -2.03. The minimum atomic E-state index is 0.773. The van der Waals surface area contributed by atoms with E-state index in [4.69, 9.17) is 0 Å². The Morgan fingerprint density at radius 3 is 2.80 bits per heavy atom. The molecule has 0 saturated heterocycles.